The van der Waals surface area contributed by atoms with Crippen LogP contribution < -0.4 is 0 Å². The fraction of sp³-hybridized carbons (Fsp3) is 0.364. The minimum atomic E-state index is -0.475. The predicted molar refractivity (Wildman–Crippen MR) is 59.7 cm³/mol. The van der Waals surface area contributed by atoms with Crippen molar-refractivity contribution in [2.45, 2.75) is 20.5 Å². The number of rotatable bonds is 2. The molecule has 0 aliphatic rings. The zero-order valence-electron chi connectivity index (χ0n) is 10.3. The maximum Gasteiger partial charge on any atom is 0.360 e. The van der Waals surface area contributed by atoms with E-state index < -0.39 is 5.97 Å². The van der Waals surface area contributed by atoms with Crippen LogP contribution in [0.4, 0.5) is 0 Å². The van der Waals surface area contributed by atoms with Crippen LogP contribution >= 0.6 is 0 Å². The standard InChI is InChI=1S/C6H7NO3.C5H7NO2/c1-4-3-5(7-10-4)6(8)9-2;1-4-2-5(3-7)6-8-4/h3H,1-2H3;2,7H,3H2,1H3. The summed E-state index contributed by atoms with van der Waals surface area (Å²) >= 11 is 0. The fourth-order valence-corrected chi connectivity index (χ4v) is 1.06. The topological polar surface area (TPSA) is 98.6 Å². The molecule has 1 N–H and O–H groups in total. The lowest BCUT2D eigenvalue weighted by atomic mass is 10.4. The molecule has 0 spiro atoms. The molecule has 18 heavy (non-hydrogen) atoms. The van der Waals surface area contributed by atoms with Crippen molar-refractivity contribution in [3.63, 3.8) is 0 Å². The van der Waals surface area contributed by atoms with Crippen LogP contribution in [0.15, 0.2) is 21.2 Å². The van der Waals surface area contributed by atoms with E-state index in [1.54, 1.807) is 19.9 Å². The van der Waals surface area contributed by atoms with Gasteiger partial charge >= 0.3 is 5.97 Å². The predicted octanol–water partition coefficient (Wildman–Crippen LogP) is 1.24. The Bertz CT molecular complexity index is 503. The Morgan fingerprint density at radius 2 is 1.89 bits per heavy atom. The number of aromatic nitrogens is 2. The van der Waals surface area contributed by atoms with Gasteiger partial charge in [0.25, 0.3) is 0 Å². The van der Waals surface area contributed by atoms with Crippen molar-refractivity contribution >= 4 is 5.97 Å². The zero-order valence-corrected chi connectivity index (χ0v) is 10.3. The van der Waals surface area contributed by atoms with Gasteiger partial charge in [0.2, 0.25) is 0 Å². The molecule has 7 nitrogen and oxygen atoms in total. The Morgan fingerprint density at radius 3 is 2.22 bits per heavy atom. The largest absolute Gasteiger partial charge is 0.464 e. The first-order chi connectivity index (χ1) is 8.56. The molecule has 2 heterocycles. The van der Waals surface area contributed by atoms with E-state index in [-0.39, 0.29) is 12.3 Å². The number of methoxy groups -OCH3 is 1. The minimum absolute atomic E-state index is 0.0443. The summed E-state index contributed by atoms with van der Waals surface area (Å²) in [5, 5.41) is 15.4. The van der Waals surface area contributed by atoms with Crippen molar-refractivity contribution in [2.75, 3.05) is 7.11 Å². The van der Waals surface area contributed by atoms with E-state index >= 15 is 0 Å². The lowest BCUT2D eigenvalue weighted by Crippen LogP contribution is -2.00. The smallest absolute Gasteiger partial charge is 0.360 e. The van der Waals surface area contributed by atoms with Gasteiger partial charge in [-0.25, -0.2) is 4.79 Å². The lowest BCUT2D eigenvalue weighted by Gasteiger charge is -1.88. The summed E-state index contributed by atoms with van der Waals surface area (Å²) in [6.45, 7) is 3.45. The zero-order chi connectivity index (χ0) is 13.5. The Balaban J connectivity index is 0.000000184. The number of carbonyl (C=O) groups excluding carboxylic acids is 1. The van der Waals surface area contributed by atoms with Crippen LogP contribution in [0.3, 0.4) is 0 Å². The summed E-state index contributed by atoms with van der Waals surface area (Å²) in [6, 6.07) is 3.21. The minimum Gasteiger partial charge on any atom is -0.464 e. The van der Waals surface area contributed by atoms with Crippen LogP contribution in [0.25, 0.3) is 0 Å². The molecule has 0 radical (unpaired) electrons. The summed E-state index contributed by atoms with van der Waals surface area (Å²) in [5.74, 6) is 0.853. The molecular formula is C11H14N2O5. The van der Waals surface area contributed by atoms with Crippen molar-refractivity contribution < 1.29 is 23.7 Å². The van der Waals surface area contributed by atoms with Gasteiger partial charge in [-0.05, 0) is 13.8 Å². The summed E-state index contributed by atoms with van der Waals surface area (Å²) in [4.78, 5) is 10.7. The fourth-order valence-electron chi connectivity index (χ4n) is 1.06. The number of aliphatic hydroxyl groups is 1. The van der Waals surface area contributed by atoms with Crippen LogP contribution in [0, 0.1) is 13.8 Å². The van der Waals surface area contributed by atoms with E-state index in [9.17, 15) is 4.79 Å². The van der Waals surface area contributed by atoms with Gasteiger partial charge in [0.15, 0.2) is 5.69 Å². The molecule has 0 saturated heterocycles. The molecular weight excluding hydrogens is 240 g/mol. The second kappa shape index (κ2) is 6.55. The van der Waals surface area contributed by atoms with Crippen molar-refractivity contribution in [2.24, 2.45) is 0 Å². The van der Waals surface area contributed by atoms with E-state index in [4.69, 9.17) is 5.11 Å². The monoisotopic (exact) mass is 254 g/mol. The SMILES string of the molecule is COC(=O)c1cc(C)on1.Cc1cc(CO)no1. The molecule has 0 unspecified atom stereocenters. The molecule has 0 atom stereocenters. The van der Waals surface area contributed by atoms with E-state index in [1.807, 2.05) is 0 Å². The molecule has 0 fully saturated rings. The third-order valence-electron chi connectivity index (χ3n) is 1.86. The number of esters is 1. The van der Waals surface area contributed by atoms with Crippen molar-refractivity contribution in [3.05, 3.63) is 35.0 Å². The van der Waals surface area contributed by atoms with Crippen LogP contribution in [0.2, 0.25) is 0 Å². The van der Waals surface area contributed by atoms with Crippen LogP contribution in [-0.4, -0.2) is 28.5 Å². The second-order valence-corrected chi connectivity index (χ2v) is 3.40. The molecule has 0 amide bonds. The van der Waals surface area contributed by atoms with Gasteiger partial charge in [-0.3, -0.25) is 0 Å². The highest BCUT2D eigenvalue weighted by Crippen LogP contribution is 2.01. The van der Waals surface area contributed by atoms with Crippen LogP contribution in [0.5, 0.6) is 0 Å². The molecule has 2 aromatic heterocycles. The van der Waals surface area contributed by atoms with Gasteiger partial charge in [-0.2, -0.15) is 0 Å². The van der Waals surface area contributed by atoms with Gasteiger partial charge in [0, 0.05) is 12.1 Å². The van der Waals surface area contributed by atoms with Crippen molar-refractivity contribution in [1.29, 1.82) is 0 Å². The Morgan fingerprint density at radius 1 is 1.28 bits per heavy atom. The molecule has 98 valence electrons. The number of aryl methyl sites for hydroxylation is 2. The van der Waals surface area contributed by atoms with Crippen LogP contribution in [0.1, 0.15) is 27.7 Å². The second-order valence-electron chi connectivity index (χ2n) is 3.40. The Kier molecular flexibility index (Phi) is 5.06. The summed E-state index contributed by atoms with van der Waals surface area (Å²) < 4.78 is 13.7. The first-order valence-corrected chi connectivity index (χ1v) is 5.11. The maximum absolute atomic E-state index is 10.7. The average Bonchev–Trinajstić information content (AvgIpc) is 2.97. The van der Waals surface area contributed by atoms with E-state index in [0.29, 0.717) is 11.5 Å². The summed E-state index contributed by atoms with van der Waals surface area (Å²) in [7, 11) is 1.30. The Hall–Kier alpha value is -2.15. The van der Waals surface area contributed by atoms with Gasteiger partial charge < -0.3 is 18.9 Å². The number of aliphatic hydroxyl groups excluding tert-OH is 1. The lowest BCUT2D eigenvalue weighted by molar-refractivity contribution is 0.0589. The number of ether oxygens (including phenoxy) is 1. The molecule has 0 aliphatic heterocycles. The van der Waals surface area contributed by atoms with Gasteiger partial charge in [-0.1, -0.05) is 10.3 Å². The molecule has 0 bridgehead atoms. The molecule has 2 rings (SSSR count). The van der Waals surface area contributed by atoms with Gasteiger partial charge in [0.05, 0.1) is 13.7 Å². The molecule has 2 aromatic rings. The quantitative estimate of drug-likeness (QED) is 0.805. The van der Waals surface area contributed by atoms with Crippen molar-refractivity contribution in [1.82, 2.24) is 10.3 Å². The van der Waals surface area contributed by atoms with Gasteiger partial charge in [0.1, 0.15) is 17.2 Å². The Labute approximate surface area is 103 Å². The first kappa shape index (κ1) is 13.9. The van der Waals surface area contributed by atoms with E-state index in [0.717, 1.165) is 5.76 Å². The maximum atomic E-state index is 10.7. The average molecular weight is 254 g/mol. The van der Waals surface area contributed by atoms with E-state index in [2.05, 4.69) is 24.1 Å². The third-order valence-corrected chi connectivity index (χ3v) is 1.86. The number of hydrogen-bond donors (Lipinski definition) is 1. The number of hydrogen-bond acceptors (Lipinski definition) is 7. The normalized spacial score (nSPS) is 9.56. The molecule has 0 aromatic carbocycles. The molecule has 0 aliphatic carbocycles. The highest BCUT2D eigenvalue weighted by atomic mass is 16.5. The third kappa shape index (κ3) is 4.02. The summed E-state index contributed by atoms with van der Waals surface area (Å²) in [6.07, 6.45) is 0. The molecule has 0 saturated carbocycles. The first-order valence-electron chi connectivity index (χ1n) is 5.11. The highest BCUT2D eigenvalue weighted by Gasteiger charge is 2.09. The molecule has 7 heteroatoms. The van der Waals surface area contributed by atoms with Gasteiger partial charge in [-0.15, -0.1) is 0 Å². The van der Waals surface area contributed by atoms with Crippen LogP contribution in [-0.2, 0) is 11.3 Å². The van der Waals surface area contributed by atoms with E-state index in [1.165, 1.54) is 13.2 Å². The highest BCUT2D eigenvalue weighted by molar-refractivity contribution is 5.86. The number of carbonyl (C=O) groups is 1. The number of nitrogens with zero attached hydrogens (tertiary/aromatic N) is 2. The van der Waals surface area contributed by atoms with Crippen molar-refractivity contribution in [3.8, 4) is 0 Å². The summed E-state index contributed by atoms with van der Waals surface area (Å²) in [5.41, 5.74) is 0.794.